The second-order valence-electron chi connectivity index (χ2n) is 3.05. The molecule has 1 unspecified atom stereocenters. The molecule has 0 fully saturated rings. The van der Waals surface area contributed by atoms with Gasteiger partial charge >= 0.3 is 0 Å². The zero-order valence-electron chi connectivity index (χ0n) is 7.14. The highest BCUT2D eigenvalue weighted by atomic mass is 16.2. The largest absolute Gasteiger partial charge is 0.339 e. The van der Waals surface area contributed by atoms with Crippen LogP contribution in [0.1, 0.15) is 20.8 Å². The molecule has 0 saturated heterocycles. The first-order valence-corrected chi connectivity index (χ1v) is 3.44. The Morgan fingerprint density at radius 3 is 2.45 bits per heavy atom. The van der Waals surface area contributed by atoms with Gasteiger partial charge in [-0.05, 0) is 20.8 Å². The van der Waals surface area contributed by atoms with E-state index in [0.717, 1.165) is 0 Å². The van der Waals surface area contributed by atoms with Crippen LogP contribution in [0.5, 0.6) is 0 Å². The Balaban J connectivity index is 4.08. The molecule has 0 spiro atoms. The van der Waals surface area contributed by atoms with Gasteiger partial charge in [-0.2, -0.15) is 0 Å². The van der Waals surface area contributed by atoms with E-state index in [2.05, 4.69) is 11.2 Å². The van der Waals surface area contributed by atoms with Crippen LogP contribution in [0.25, 0.3) is 0 Å². The highest BCUT2D eigenvalue weighted by molar-refractivity contribution is 5.82. The van der Waals surface area contributed by atoms with Gasteiger partial charge in [-0.15, -0.1) is 6.42 Å². The van der Waals surface area contributed by atoms with Gasteiger partial charge in [0.25, 0.3) is 0 Å². The summed E-state index contributed by atoms with van der Waals surface area (Å²) in [5, 5.41) is 2.61. The molecule has 0 aromatic heterocycles. The fourth-order valence-corrected chi connectivity index (χ4v) is 0.458. The zero-order chi connectivity index (χ0) is 9.07. The van der Waals surface area contributed by atoms with Gasteiger partial charge in [-0.1, -0.05) is 5.92 Å². The monoisotopic (exact) mass is 154 g/mol. The van der Waals surface area contributed by atoms with Crippen LogP contribution >= 0.6 is 0 Å². The molecule has 0 aliphatic heterocycles. The quantitative estimate of drug-likeness (QED) is 0.544. The van der Waals surface area contributed by atoms with Crippen molar-refractivity contribution in [3.63, 3.8) is 0 Å². The second-order valence-corrected chi connectivity index (χ2v) is 3.05. The van der Waals surface area contributed by atoms with Crippen molar-refractivity contribution in [2.75, 3.05) is 0 Å². The number of nitrogens with two attached hydrogens (primary N) is 1. The number of carbonyl (C=O) groups is 1. The van der Waals surface area contributed by atoms with Crippen LogP contribution in [-0.4, -0.2) is 17.5 Å². The van der Waals surface area contributed by atoms with Crippen LogP contribution in [0.2, 0.25) is 0 Å². The first-order chi connectivity index (χ1) is 4.89. The molecule has 0 bridgehead atoms. The average Bonchev–Trinajstić information content (AvgIpc) is 1.87. The lowest BCUT2D eigenvalue weighted by Gasteiger charge is -2.20. The maximum absolute atomic E-state index is 11.0. The number of rotatable bonds is 2. The van der Waals surface area contributed by atoms with Crippen molar-refractivity contribution in [3.8, 4) is 12.3 Å². The summed E-state index contributed by atoms with van der Waals surface area (Å²) in [6.07, 6.45) is 5.15. The molecule has 0 rings (SSSR count). The van der Waals surface area contributed by atoms with Gasteiger partial charge in [0.1, 0.15) is 0 Å². The predicted molar refractivity (Wildman–Crippen MR) is 44.7 cm³/mol. The van der Waals surface area contributed by atoms with Crippen molar-refractivity contribution >= 4 is 5.91 Å². The molecule has 0 radical (unpaired) electrons. The zero-order valence-corrected chi connectivity index (χ0v) is 7.14. The maximum Gasteiger partial charge on any atom is 0.237 e. The van der Waals surface area contributed by atoms with E-state index in [-0.39, 0.29) is 5.91 Å². The Labute approximate surface area is 67.3 Å². The molecule has 0 aliphatic rings. The van der Waals surface area contributed by atoms with E-state index in [1.165, 1.54) is 0 Å². The number of terminal acetylenes is 1. The molecule has 0 aliphatic carbocycles. The molecule has 3 N–H and O–H groups in total. The summed E-state index contributed by atoms with van der Waals surface area (Å²) in [4.78, 5) is 11.0. The molecular weight excluding hydrogens is 140 g/mol. The van der Waals surface area contributed by atoms with Gasteiger partial charge in [0, 0.05) is 0 Å². The minimum Gasteiger partial charge on any atom is -0.339 e. The second kappa shape index (κ2) is 3.40. The van der Waals surface area contributed by atoms with Crippen LogP contribution in [-0.2, 0) is 4.79 Å². The Morgan fingerprint density at radius 2 is 2.18 bits per heavy atom. The minimum atomic E-state index is -0.606. The van der Waals surface area contributed by atoms with Gasteiger partial charge in [0.15, 0.2) is 0 Å². The average molecular weight is 154 g/mol. The molecule has 3 heteroatoms. The van der Waals surface area contributed by atoms with Gasteiger partial charge in [0.05, 0.1) is 11.6 Å². The number of nitrogens with one attached hydrogen (secondary N) is 1. The van der Waals surface area contributed by atoms with Crippen LogP contribution in [0.3, 0.4) is 0 Å². The lowest BCUT2D eigenvalue weighted by Crippen LogP contribution is -2.48. The highest BCUT2D eigenvalue weighted by Gasteiger charge is 2.18. The number of hydrogen-bond acceptors (Lipinski definition) is 2. The molecule has 0 saturated carbocycles. The Morgan fingerprint density at radius 1 is 1.73 bits per heavy atom. The smallest absolute Gasteiger partial charge is 0.237 e. The van der Waals surface area contributed by atoms with Gasteiger partial charge in [-0.3, -0.25) is 4.79 Å². The fourth-order valence-electron chi connectivity index (χ4n) is 0.458. The third kappa shape index (κ3) is 3.64. The van der Waals surface area contributed by atoms with E-state index in [1.807, 2.05) is 0 Å². The molecule has 0 heterocycles. The highest BCUT2D eigenvalue weighted by Crippen LogP contribution is 1.98. The Hall–Kier alpha value is -1.01. The summed E-state index contributed by atoms with van der Waals surface area (Å²) in [6.45, 7) is 5.10. The van der Waals surface area contributed by atoms with Crippen LogP contribution in [0.4, 0.5) is 0 Å². The van der Waals surface area contributed by atoms with E-state index < -0.39 is 11.6 Å². The molecule has 1 atom stereocenters. The van der Waals surface area contributed by atoms with Crippen molar-refractivity contribution in [2.45, 2.75) is 32.4 Å². The normalized spacial score (nSPS) is 13.4. The third-order valence-corrected chi connectivity index (χ3v) is 1.21. The first-order valence-electron chi connectivity index (χ1n) is 3.44. The van der Waals surface area contributed by atoms with Gasteiger partial charge in [0.2, 0.25) is 5.91 Å². The summed E-state index contributed by atoms with van der Waals surface area (Å²) in [7, 11) is 0. The topological polar surface area (TPSA) is 55.1 Å². The van der Waals surface area contributed by atoms with Crippen LogP contribution in [0, 0.1) is 12.3 Å². The fraction of sp³-hybridized carbons (Fsp3) is 0.625. The third-order valence-electron chi connectivity index (χ3n) is 1.21. The maximum atomic E-state index is 11.0. The van der Waals surface area contributed by atoms with E-state index >= 15 is 0 Å². The van der Waals surface area contributed by atoms with E-state index in [0.29, 0.717) is 0 Å². The van der Waals surface area contributed by atoms with Gasteiger partial charge < -0.3 is 11.1 Å². The number of amides is 1. The summed E-state index contributed by atoms with van der Waals surface area (Å²) >= 11 is 0. The summed E-state index contributed by atoms with van der Waals surface area (Å²) in [6, 6.07) is -0.511. The molecule has 1 amide bonds. The van der Waals surface area contributed by atoms with Crippen molar-refractivity contribution in [1.82, 2.24) is 5.32 Å². The first kappa shape index (κ1) is 9.99. The summed E-state index contributed by atoms with van der Waals surface area (Å²) in [5.41, 5.74) is 4.71. The molecule has 62 valence electrons. The number of hydrogen-bond donors (Lipinski definition) is 2. The minimum absolute atomic E-state index is 0.229. The van der Waals surface area contributed by atoms with E-state index in [4.69, 9.17) is 12.2 Å². The number of carbonyl (C=O) groups excluding carboxylic acids is 1. The van der Waals surface area contributed by atoms with E-state index in [9.17, 15) is 4.79 Å². The standard InChI is InChI=1S/C8H14N2O/c1-5-8(3,4)10-7(11)6(2)9/h1,6H,9H2,2-4H3,(H,10,11). The van der Waals surface area contributed by atoms with Crippen LogP contribution < -0.4 is 11.1 Å². The molecular formula is C8H14N2O. The predicted octanol–water partition coefficient (Wildman–Crippen LogP) is -0.138. The lowest BCUT2D eigenvalue weighted by molar-refractivity contribution is -0.123. The summed E-state index contributed by atoms with van der Waals surface area (Å²) < 4.78 is 0. The van der Waals surface area contributed by atoms with Crippen LogP contribution in [0.15, 0.2) is 0 Å². The van der Waals surface area contributed by atoms with Crippen molar-refractivity contribution < 1.29 is 4.79 Å². The van der Waals surface area contributed by atoms with Gasteiger partial charge in [-0.25, -0.2) is 0 Å². The molecule has 3 nitrogen and oxygen atoms in total. The Bertz CT molecular complexity index is 189. The Kier molecular flexibility index (Phi) is 3.09. The SMILES string of the molecule is C#CC(C)(C)NC(=O)C(C)N. The molecule has 11 heavy (non-hydrogen) atoms. The van der Waals surface area contributed by atoms with Crippen molar-refractivity contribution in [2.24, 2.45) is 5.73 Å². The lowest BCUT2D eigenvalue weighted by atomic mass is 10.1. The van der Waals surface area contributed by atoms with Crippen molar-refractivity contribution in [3.05, 3.63) is 0 Å². The molecule has 0 aromatic carbocycles. The summed E-state index contributed by atoms with van der Waals surface area (Å²) in [5.74, 6) is 2.21. The van der Waals surface area contributed by atoms with Crippen molar-refractivity contribution in [1.29, 1.82) is 0 Å². The molecule has 0 aromatic rings. The van der Waals surface area contributed by atoms with E-state index in [1.54, 1.807) is 20.8 Å².